The molecule has 0 saturated heterocycles. The summed E-state index contributed by atoms with van der Waals surface area (Å²) >= 11 is 0. The molecule has 3 saturated carbocycles. The normalized spacial score (nSPS) is 39.1. The van der Waals surface area contributed by atoms with Gasteiger partial charge in [-0.3, -0.25) is 4.79 Å². The van der Waals surface area contributed by atoms with Gasteiger partial charge < -0.3 is 10.2 Å². The Hall–Kier alpha value is -0.830. The molecule has 0 aromatic rings. The first kappa shape index (κ1) is 28.7. The van der Waals surface area contributed by atoms with Gasteiger partial charge in [0.05, 0.1) is 6.10 Å². The van der Waals surface area contributed by atoms with Crippen LogP contribution in [-0.4, -0.2) is 22.3 Å². The number of carboxylic acids is 1. The van der Waals surface area contributed by atoms with E-state index in [1.165, 1.54) is 57.8 Å². The van der Waals surface area contributed by atoms with Crippen LogP contribution in [0.2, 0.25) is 0 Å². The highest BCUT2D eigenvalue weighted by Crippen LogP contribution is 2.67. The highest BCUT2D eigenvalue weighted by Gasteiger charge is 2.59. The third-order valence-corrected chi connectivity index (χ3v) is 10.9. The summed E-state index contributed by atoms with van der Waals surface area (Å²) in [6.45, 7) is 16.3. The molecule has 0 aromatic heterocycles. The fourth-order valence-corrected chi connectivity index (χ4v) is 9.02. The van der Waals surface area contributed by atoms with Gasteiger partial charge in [-0.15, -0.1) is 0 Å². The summed E-state index contributed by atoms with van der Waals surface area (Å²) in [5, 5.41) is 18.3. The lowest BCUT2D eigenvalue weighted by Gasteiger charge is -2.58. The molecule has 0 spiro atoms. The molecule has 0 aliphatic heterocycles. The molecule has 2 N–H and O–H groups in total. The molecule has 35 heavy (non-hydrogen) atoms. The lowest BCUT2D eigenvalue weighted by Crippen LogP contribution is -2.50. The van der Waals surface area contributed by atoms with Crippen molar-refractivity contribution in [3.05, 3.63) is 11.6 Å². The number of carboxylic acid groups (broad SMARTS) is 1. The molecule has 1 unspecified atom stereocenters. The Kier molecular flexibility index (Phi) is 9.61. The Bertz CT molecular complexity index is 739. The Morgan fingerprint density at radius 2 is 1.69 bits per heavy atom. The van der Waals surface area contributed by atoms with Gasteiger partial charge >= 0.3 is 5.97 Å². The summed E-state index contributed by atoms with van der Waals surface area (Å²) in [5.41, 5.74) is 2.60. The third kappa shape index (κ3) is 6.36. The number of hydrogen-bond acceptors (Lipinski definition) is 2. The predicted octanol–water partition coefficient (Wildman–Crippen LogP) is 8.51. The maximum Gasteiger partial charge on any atom is 0.303 e. The van der Waals surface area contributed by atoms with Gasteiger partial charge in [-0.05, 0) is 104 Å². The van der Waals surface area contributed by atoms with Crippen molar-refractivity contribution in [2.24, 2.45) is 52.3 Å². The summed E-state index contributed by atoms with van der Waals surface area (Å²) < 4.78 is 0. The minimum absolute atomic E-state index is 0.0766. The smallest absolute Gasteiger partial charge is 0.303 e. The van der Waals surface area contributed by atoms with Crippen molar-refractivity contribution < 1.29 is 15.0 Å². The number of aliphatic carboxylic acids is 1. The van der Waals surface area contributed by atoms with Gasteiger partial charge in [0.25, 0.3) is 0 Å². The van der Waals surface area contributed by atoms with E-state index in [0.717, 1.165) is 48.3 Å². The van der Waals surface area contributed by atoms with E-state index in [2.05, 4.69) is 40.7 Å². The zero-order valence-corrected chi connectivity index (χ0v) is 24.0. The van der Waals surface area contributed by atoms with Crippen LogP contribution in [0.3, 0.4) is 0 Å². The molecule has 0 aromatic carbocycles. The molecule has 0 bridgehead atoms. The quantitative estimate of drug-likeness (QED) is 0.353. The minimum Gasteiger partial charge on any atom is -0.481 e. The van der Waals surface area contributed by atoms with Crippen molar-refractivity contribution in [2.45, 2.75) is 132 Å². The molecule has 3 heteroatoms. The van der Waals surface area contributed by atoms with E-state index < -0.39 is 5.97 Å². The number of hydrogen-bond donors (Lipinski definition) is 2. The molecule has 4 aliphatic rings. The van der Waals surface area contributed by atoms with Crippen LogP contribution in [0.4, 0.5) is 0 Å². The van der Waals surface area contributed by atoms with Crippen molar-refractivity contribution in [3.63, 3.8) is 0 Å². The lowest BCUT2D eigenvalue weighted by molar-refractivity contribution is -0.137. The van der Waals surface area contributed by atoms with Crippen LogP contribution >= 0.6 is 0 Å². The summed E-state index contributed by atoms with van der Waals surface area (Å²) in [4.78, 5) is 9.81. The average Bonchev–Trinajstić information content (AvgIpc) is 3.10. The van der Waals surface area contributed by atoms with Gasteiger partial charge in [-0.2, -0.15) is 0 Å². The largest absolute Gasteiger partial charge is 0.481 e. The van der Waals surface area contributed by atoms with Crippen molar-refractivity contribution in [1.82, 2.24) is 0 Å². The Labute approximate surface area is 216 Å². The van der Waals surface area contributed by atoms with Crippen molar-refractivity contribution in [3.8, 4) is 0 Å². The van der Waals surface area contributed by atoms with Crippen LogP contribution in [0.25, 0.3) is 0 Å². The fraction of sp³-hybridized carbons (Fsp3) is 0.906. The van der Waals surface area contributed by atoms with Crippen molar-refractivity contribution in [2.75, 3.05) is 0 Å². The van der Waals surface area contributed by atoms with E-state index in [0.29, 0.717) is 10.8 Å². The number of carbonyl (C=O) groups is 1. The molecular formula is C32H56O3. The van der Waals surface area contributed by atoms with E-state index in [9.17, 15) is 9.90 Å². The topological polar surface area (TPSA) is 57.5 Å². The van der Waals surface area contributed by atoms with E-state index in [4.69, 9.17) is 5.11 Å². The minimum atomic E-state index is -0.713. The predicted molar refractivity (Wildman–Crippen MR) is 146 cm³/mol. The molecule has 4 rings (SSSR count). The van der Waals surface area contributed by atoms with Gasteiger partial charge in [-0.25, -0.2) is 0 Å². The lowest BCUT2D eigenvalue weighted by atomic mass is 9.47. The zero-order valence-electron chi connectivity index (χ0n) is 24.0. The van der Waals surface area contributed by atoms with E-state index in [1.807, 2.05) is 13.8 Å². The van der Waals surface area contributed by atoms with E-state index in [1.54, 1.807) is 5.57 Å². The van der Waals surface area contributed by atoms with Crippen LogP contribution in [0.5, 0.6) is 0 Å². The van der Waals surface area contributed by atoms with Gasteiger partial charge in [0.1, 0.15) is 0 Å². The van der Waals surface area contributed by atoms with Crippen LogP contribution in [0.15, 0.2) is 11.6 Å². The number of fused-ring (bicyclic) bond motifs is 5. The first-order valence-electron chi connectivity index (χ1n) is 15.0. The molecular weight excluding hydrogens is 432 g/mol. The summed E-state index contributed by atoms with van der Waals surface area (Å²) in [6.07, 6.45) is 17.4. The second-order valence-electron chi connectivity index (χ2n) is 14.2. The molecule has 0 radical (unpaired) electrons. The van der Waals surface area contributed by atoms with E-state index in [-0.39, 0.29) is 18.4 Å². The Morgan fingerprint density at radius 3 is 2.29 bits per heavy atom. The van der Waals surface area contributed by atoms with Gasteiger partial charge in [0.15, 0.2) is 0 Å². The van der Waals surface area contributed by atoms with Gasteiger partial charge in [0, 0.05) is 6.42 Å². The standard InChI is InChI=1S/C27H46O.C5H10O2/c1-18(2)7-6-8-19(3)23-11-12-24-22-10-9-20-17-21(28)13-15-26(20,4)25(22)14-16-27(23,24)5;1-4(2)3-5(6)7/h9,18-19,21-25,28H,6-8,10-17H2,1-5H3;4H,3H2,1-2H3,(H,6,7)/t19?,21-,22-,23+,24-,25-,26-,27+;/m0./s1. The number of aliphatic hydroxyl groups excluding tert-OH is 1. The number of rotatable bonds is 7. The van der Waals surface area contributed by atoms with Crippen molar-refractivity contribution in [1.29, 1.82) is 0 Å². The second kappa shape index (κ2) is 11.7. The van der Waals surface area contributed by atoms with Crippen LogP contribution < -0.4 is 0 Å². The zero-order chi connectivity index (χ0) is 26.0. The highest BCUT2D eigenvalue weighted by molar-refractivity contribution is 5.66. The monoisotopic (exact) mass is 488 g/mol. The van der Waals surface area contributed by atoms with Gasteiger partial charge in [-0.1, -0.05) is 79.4 Å². The van der Waals surface area contributed by atoms with Crippen LogP contribution in [0, 0.1) is 52.3 Å². The third-order valence-electron chi connectivity index (χ3n) is 10.9. The first-order valence-corrected chi connectivity index (χ1v) is 15.0. The molecule has 0 heterocycles. The summed E-state index contributed by atoms with van der Waals surface area (Å²) in [5.74, 6) is 5.02. The summed E-state index contributed by atoms with van der Waals surface area (Å²) in [7, 11) is 0. The number of allylic oxidation sites excluding steroid dienone is 1. The van der Waals surface area contributed by atoms with Gasteiger partial charge in [0.2, 0.25) is 0 Å². The summed E-state index contributed by atoms with van der Waals surface area (Å²) in [6, 6.07) is 0. The fourth-order valence-electron chi connectivity index (χ4n) is 9.02. The van der Waals surface area contributed by atoms with E-state index >= 15 is 0 Å². The highest BCUT2D eigenvalue weighted by atomic mass is 16.4. The number of aliphatic hydroxyl groups is 1. The first-order chi connectivity index (χ1) is 16.4. The average molecular weight is 489 g/mol. The Balaban J connectivity index is 0.000000429. The molecule has 3 nitrogen and oxygen atoms in total. The second-order valence-corrected chi connectivity index (χ2v) is 14.2. The molecule has 8 atom stereocenters. The maximum absolute atomic E-state index is 10.2. The molecule has 4 aliphatic carbocycles. The molecule has 0 amide bonds. The molecule has 3 fully saturated rings. The van der Waals surface area contributed by atoms with Crippen LogP contribution in [0.1, 0.15) is 126 Å². The van der Waals surface area contributed by atoms with Crippen molar-refractivity contribution >= 4 is 5.97 Å². The SMILES string of the molecule is CC(C)CC(=O)O.CC(C)CCCC(C)[C@H]1CC[C@H]2[C@@H]3CC=C4C[C@@H](O)CC[C@]4(C)[C@H]3CC[C@]12C. The maximum atomic E-state index is 10.2. The Morgan fingerprint density at radius 1 is 0.971 bits per heavy atom. The van der Waals surface area contributed by atoms with Crippen LogP contribution in [-0.2, 0) is 4.79 Å². The molecule has 202 valence electrons.